The predicted octanol–water partition coefficient (Wildman–Crippen LogP) is 1.67. The summed E-state index contributed by atoms with van der Waals surface area (Å²) in [7, 11) is 1.65. The van der Waals surface area contributed by atoms with Crippen molar-refractivity contribution in [2.24, 2.45) is 0 Å². The zero-order valence-electron chi connectivity index (χ0n) is 10.6. The van der Waals surface area contributed by atoms with E-state index < -0.39 is 0 Å². The van der Waals surface area contributed by atoms with Gasteiger partial charge in [-0.15, -0.1) is 4.68 Å². The second-order valence-electron chi connectivity index (χ2n) is 4.18. The van der Waals surface area contributed by atoms with E-state index in [2.05, 4.69) is 5.10 Å². The number of rotatable bonds is 3. The van der Waals surface area contributed by atoms with Crippen molar-refractivity contribution in [3.05, 3.63) is 55.0 Å². The van der Waals surface area contributed by atoms with Gasteiger partial charge in [0.05, 0.1) is 25.7 Å². The molecule has 0 aliphatic heterocycles. The summed E-state index contributed by atoms with van der Waals surface area (Å²) in [6.45, 7) is 0. The van der Waals surface area contributed by atoms with Gasteiger partial charge >= 0.3 is 5.82 Å². The topological polar surface area (TPSA) is 59.9 Å². The van der Waals surface area contributed by atoms with Crippen LogP contribution in [-0.2, 0) is 0 Å². The summed E-state index contributed by atoms with van der Waals surface area (Å²) >= 11 is 0. The molecule has 2 heterocycles. The highest BCUT2D eigenvalue weighted by molar-refractivity contribution is 5.49. The first-order chi connectivity index (χ1) is 9.29. The van der Waals surface area contributed by atoms with Crippen LogP contribution in [0.25, 0.3) is 11.5 Å². The Morgan fingerprint density at radius 2 is 1.84 bits per heavy atom. The standard InChI is InChI=1S/C14H14N4O/c1-19-12-6-4-11(5-7-12)18-14(13(15)10-16-18)17-8-2-3-9-17/h2-10H,15H2,1H3/p+1. The Labute approximate surface area is 110 Å². The number of nitrogens with two attached hydrogens (primary N) is 1. The molecule has 0 spiro atoms. The molecule has 19 heavy (non-hydrogen) atoms. The summed E-state index contributed by atoms with van der Waals surface area (Å²) in [5.41, 5.74) is 7.70. The van der Waals surface area contributed by atoms with Crippen molar-refractivity contribution < 1.29 is 9.42 Å². The summed E-state index contributed by atoms with van der Waals surface area (Å²) < 4.78 is 9.06. The van der Waals surface area contributed by atoms with Crippen molar-refractivity contribution >= 4 is 5.69 Å². The lowest BCUT2D eigenvalue weighted by molar-refractivity contribution is -0.649. The van der Waals surface area contributed by atoms with Gasteiger partial charge in [-0.05, 0) is 36.4 Å². The van der Waals surface area contributed by atoms with E-state index >= 15 is 0 Å². The summed E-state index contributed by atoms with van der Waals surface area (Å²) in [5, 5.41) is 3.15. The number of H-pyrrole nitrogens is 1. The van der Waals surface area contributed by atoms with Gasteiger partial charge in [-0.1, -0.05) is 0 Å². The number of nitrogens with zero attached hydrogens (tertiary/aromatic N) is 2. The monoisotopic (exact) mass is 255 g/mol. The molecule has 1 aromatic carbocycles. The highest BCUT2D eigenvalue weighted by Gasteiger charge is 2.19. The molecule has 0 amide bonds. The van der Waals surface area contributed by atoms with Crippen molar-refractivity contribution in [1.29, 1.82) is 0 Å². The second kappa shape index (κ2) is 4.53. The fourth-order valence-corrected chi connectivity index (χ4v) is 2.06. The minimum absolute atomic E-state index is 0.687. The Kier molecular flexibility index (Phi) is 2.72. The molecular weight excluding hydrogens is 240 g/mol. The number of methoxy groups -OCH3 is 1. The van der Waals surface area contributed by atoms with E-state index in [0.29, 0.717) is 5.69 Å². The van der Waals surface area contributed by atoms with Crippen LogP contribution in [-0.4, -0.2) is 16.8 Å². The molecular formula is C14H15N4O+. The maximum absolute atomic E-state index is 6.03. The van der Waals surface area contributed by atoms with E-state index in [1.54, 1.807) is 13.3 Å². The van der Waals surface area contributed by atoms with Gasteiger partial charge in [0.15, 0.2) is 5.69 Å². The maximum atomic E-state index is 6.03. The van der Waals surface area contributed by atoms with Gasteiger partial charge in [-0.2, -0.15) is 0 Å². The summed E-state index contributed by atoms with van der Waals surface area (Å²) in [4.78, 5) is 0. The third-order valence-electron chi connectivity index (χ3n) is 3.00. The molecule has 0 bridgehead atoms. The van der Waals surface area contributed by atoms with E-state index in [1.165, 1.54) is 0 Å². The van der Waals surface area contributed by atoms with Crippen LogP contribution < -0.4 is 15.2 Å². The molecule has 3 aromatic rings. The fourth-order valence-electron chi connectivity index (χ4n) is 2.06. The molecule has 5 nitrogen and oxygen atoms in total. The molecule has 96 valence electrons. The average Bonchev–Trinajstić information content (AvgIpc) is 3.08. The van der Waals surface area contributed by atoms with Crippen molar-refractivity contribution in [1.82, 2.24) is 9.67 Å². The van der Waals surface area contributed by atoms with Crippen LogP contribution in [0.3, 0.4) is 0 Å². The second-order valence-corrected chi connectivity index (χ2v) is 4.18. The molecule has 2 aromatic heterocycles. The SMILES string of the molecule is COc1ccc(-[n+]2[nH]cc(N)c2-n2cccc2)cc1. The molecule has 0 saturated carbocycles. The molecule has 5 heteroatoms. The van der Waals surface area contributed by atoms with E-state index in [4.69, 9.17) is 10.5 Å². The molecule has 3 N–H and O–H groups in total. The van der Waals surface area contributed by atoms with Crippen molar-refractivity contribution in [2.75, 3.05) is 12.8 Å². The Bertz CT molecular complexity index is 668. The quantitative estimate of drug-likeness (QED) is 0.699. The van der Waals surface area contributed by atoms with E-state index in [9.17, 15) is 0 Å². The van der Waals surface area contributed by atoms with E-state index in [1.807, 2.05) is 58.0 Å². The highest BCUT2D eigenvalue weighted by atomic mass is 16.5. The first kappa shape index (κ1) is 11.4. The largest absolute Gasteiger partial charge is 0.497 e. The summed E-state index contributed by atoms with van der Waals surface area (Å²) in [6.07, 6.45) is 5.69. The molecule has 3 rings (SSSR count). The Morgan fingerprint density at radius 1 is 1.16 bits per heavy atom. The number of anilines is 1. The highest BCUT2D eigenvalue weighted by Crippen LogP contribution is 2.16. The van der Waals surface area contributed by atoms with Gasteiger partial charge in [0.1, 0.15) is 11.4 Å². The number of ether oxygens (including phenoxy) is 1. The molecule has 0 atom stereocenters. The number of hydrogen-bond acceptors (Lipinski definition) is 2. The number of nitrogens with one attached hydrogen (secondary N) is 1. The van der Waals surface area contributed by atoms with Crippen molar-refractivity contribution in [3.8, 4) is 17.3 Å². The van der Waals surface area contributed by atoms with Crippen LogP contribution in [0.2, 0.25) is 0 Å². The minimum Gasteiger partial charge on any atom is -0.497 e. The Balaban J connectivity index is 2.10. The first-order valence-electron chi connectivity index (χ1n) is 5.96. The third-order valence-corrected chi connectivity index (χ3v) is 3.00. The number of aromatic nitrogens is 3. The van der Waals surface area contributed by atoms with Gasteiger partial charge < -0.3 is 10.5 Å². The Hall–Kier alpha value is -2.69. The smallest absolute Gasteiger partial charge is 0.335 e. The van der Waals surface area contributed by atoms with Crippen LogP contribution in [0.4, 0.5) is 5.69 Å². The normalized spacial score (nSPS) is 10.6. The van der Waals surface area contributed by atoms with Gasteiger partial charge in [0.2, 0.25) is 0 Å². The molecule has 0 aliphatic rings. The van der Waals surface area contributed by atoms with Crippen molar-refractivity contribution in [3.63, 3.8) is 0 Å². The van der Waals surface area contributed by atoms with Crippen LogP contribution in [0.5, 0.6) is 5.75 Å². The van der Waals surface area contributed by atoms with Gasteiger partial charge in [0, 0.05) is 0 Å². The van der Waals surface area contributed by atoms with Gasteiger partial charge in [-0.3, -0.25) is 0 Å². The average molecular weight is 255 g/mol. The molecule has 0 unspecified atom stereocenters. The zero-order valence-corrected chi connectivity index (χ0v) is 10.6. The minimum atomic E-state index is 0.687. The van der Waals surface area contributed by atoms with E-state index in [-0.39, 0.29) is 0 Å². The third kappa shape index (κ3) is 1.95. The summed E-state index contributed by atoms with van der Waals surface area (Å²) in [5.74, 6) is 1.71. The predicted molar refractivity (Wildman–Crippen MR) is 72.6 cm³/mol. The summed E-state index contributed by atoms with van der Waals surface area (Å²) in [6, 6.07) is 11.7. The lowest BCUT2D eigenvalue weighted by Crippen LogP contribution is -2.36. The molecule has 0 fully saturated rings. The number of nitrogen functional groups attached to an aromatic ring is 1. The maximum Gasteiger partial charge on any atom is 0.335 e. The number of aromatic amines is 1. The van der Waals surface area contributed by atoms with Gasteiger partial charge in [0.25, 0.3) is 0 Å². The van der Waals surface area contributed by atoms with Crippen LogP contribution in [0.15, 0.2) is 55.0 Å². The lowest BCUT2D eigenvalue weighted by Gasteiger charge is -2.02. The van der Waals surface area contributed by atoms with E-state index in [0.717, 1.165) is 17.3 Å². The Morgan fingerprint density at radius 3 is 2.47 bits per heavy atom. The first-order valence-corrected chi connectivity index (χ1v) is 5.96. The lowest BCUT2D eigenvalue weighted by atomic mass is 10.3. The molecule has 0 saturated heterocycles. The zero-order chi connectivity index (χ0) is 13.2. The molecule has 0 aliphatic carbocycles. The van der Waals surface area contributed by atoms with Crippen LogP contribution in [0.1, 0.15) is 0 Å². The fraction of sp³-hybridized carbons (Fsp3) is 0.0714. The number of benzene rings is 1. The van der Waals surface area contributed by atoms with Gasteiger partial charge in [-0.25, -0.2) is 9.67 Å². The molecule has 0 radical (unpaired) electrons. The van der Waals surface area contributed by atoms with Crippen LogP contribution >= 0.6 is 0 Å². The van der Waals surface area contributed by atoms with Crippen molar-refractivity contribution in [2.45, 2.75) is 0 Å². The van der Waals surface area contributed by atoms with Crippen LogP contribution in [0, 0.1) is 0 Å². The number of hydrogen-bond donors (Lipinski definition) is 2.